The number of hydrogen-bond donors (Lipinski definition) is 2. The number of nitrogens with two attached hydrogens (primary N) is 2. The second-order valence-corrected chi connectivity index (χ2v) is 7.56. The van der Waals surface area contributed by atoms with Crippen molar-refractivity contribution in [2.75, 3.05) is 23.7 Å². The van der Waals surface area contributed by atoms with E-state index in [1.165, 1.54) is 5.56 Å². The molecule has 154 valence electrons. The number of benzene rings is 1. The Morgan fingerprint density at radius 1 is 1.07 bits per heavy atom. The molecule has 0 spiro atoms. The number of hydrogen-bond acceptors (Lipinski definition) is 6. The maximum Gasteiger partial charge on any atom is 0.222 e. The average molecular weight is 426 g/mol. The van der Waals surface area contributed by atoms with Crippen molar-refractivity contribution in [3.63, 3.8) is 0 Å². The van der Waals surface area contributed by atoms with E-state index >= 15 is 0 Å². The van der Waals surface area contributed by atoms with Gasteiger partial charge in [-0.2, -0.15) is 4.98 Å². The summed E-state index contributed by atoms with van der Waals surface area (Å²) in [5.41, 5.74) is 14.1. The van der Waals surface area contributed by atoms with Crippen LogP contribution < -0.4 is 21.1 Å². The zero-order valence-corrected chi connectivity index (χ0v) is 17.7. The summed E-state index contributed by atoms with van der Waals surface area (Å²) in [6, 6.07) is 10.6. The smallest absolute Gasteiger partial charge is 0.222 e. The van der Waals surface area contributed by atoms with Crippen molar-refractivity contribution in [3.8, 4) is 5.75 Å². The molecule has 0 atom stereocenters. The van der Waals surface area contributed by atoms with Crippen molar-refractivity contribution in [1.29, 1.82) is 0 Å². The molecule has 0 radical (unpaired) electrons. The van der Waals surface area contributed by atoms with Gasteiger partial charge in [-0.1, -0.05) is 12.1 Å². The summed E-state index contributed by atoms with van der Waals surface area (Å²) < 4.78 is 6.15. The molecule has 4 rings (SSSR count). The van der Waals surface area contributed by atoms with Gasteiger partial charge in [0.15, 0.2) is 0 Å². The fourth-order valence-corrected chi connectivity index (χ4v) is 3.83. The molecule has 0 unspecified atom stereocenters. The van der Waals surface area contributed by atoms with Gasteiger partial charge in [0.1, 0.15) is 17.7 Å². The van der Waals surface area contributed by atoms with Gasteiger partial charge >= 0.3 is 0 Å². The third-order valence-corrected chi connectivity index (χ3v) is 5.40. The molecule has 0 bridgehead atoms. The van der Waals surface area contributed by atoms with Gasteiger partial charge in [-0.25, -0.2) is 4.98 Å². The Labute approximate surface area is 178 Å². The lowest BCUT2D eigenvalue weighted by molar-refractivity contribution is 0.170. The number of rotatable bonds is 4. The molecule has 2 aromatic rings. The summed E-state index contributed by atoms with van der Waals surface area (Å²) in [4.78, 5) is 11.2. The predicted octanol–water partition coefficient (Wildman–Crippen LogP) is 3.46. The summed E-state index contributed by atoms with van der Waals surface area (Å²) in [5.74, 6) is 2.67. The third-order valence-electron chi connectivity index (χ3n) is 5.40. The van der Waals surface area contributed by atoms with Crippen LogP contribution in [0, 0.1) is 6.92 Å². The zero-order valence-electron chi connectivity index (χ0n) is 16.1. The molecule has 4 N–H and O–H groups in total. The molecule has 1 aliphatic carbocycles. The number of nitrogen functional groups attached to an aromatic ring is 1. The second-order valence-electron chi connectivity index (χ2n) is 7.56. The van der Waals surface area contributed by atoms with Gasteiger partial charge in [0.05, 0.1) is 5.69 Å². The van der Waals surface area contributed by atoms with Crippen LogP contribution in [0.5, 0.6) is 5.75 Å². The molecule has 1 aliphatic heterocycles. The minimum absolute atomic E-state index is 0. The minimum Gasteiger partial charge on any atom is -0.490 e. The van der Waals surface area contributed by atoms with E-state index in [1.54, 1.807) is 0 Å². The molecule has 2 aliphatic rings. The Morgan fingerprint density at radius 2 is 1.79 bits per heavy atom. The molecule has 28 heavy (non-hydrogen) atoms. The van der Waals surface area contributed by atoms with Crippen molar-refractivity contribution in [1.82, 2.24) is 9.97 Å². The maximum atomic E-state index is 6.15. The van der Waals surface area contributed by atoms with Crippen molar-refractivity contribution < 1.29 is 4.74 Å². The number of aryl methyl sites for hydroxylation is 1. The highest BCUT2D eigenvalue weighted by Crippen LogP contribution is 2.36. The van der Waals surface area contributed by atoms with Crippen molar-refractivity contribution in [2.24, 2.45) is 5.73 Å². The lowest BCUT2D eigenvalue weighted by atomic mass is 9.78. The van der Waals surface area contributed by atoms with Crippen molar-refractivity contribution in [2.45, 2.75) is 50.7 Å². The molecule has 1 saturated carbocycles. The van der Waals surface area contributed by atoms with Crippen LogP contribution in [0.4, 0.5) is 11.8 Å². The Hall–Kier alpha value is -1.76. The lowest BCUT2D eigenvalue weighted by Gasteiger charge is -2.35. The molecule has 2 fully saturated rings. The van der Waals surface area contributed by atoms with Crippen LogP contribution in [-0.2, 0) is 0 Å². The van der Waals surface area contributed by atoms with Crippen molar-refractivity contribution in [3.05, 3.63) is 41.6 Å². The van der Waals surface area contributed by atoms with Crippen LogP contribution >= 0.6 is 24.8 Å². The van der Waals surface area contributed by atoms with E-state index in [9.17, 15) is 0 Å². The number of ether oxygens (including phenoxy) is 1. The van der Waals surface area contributed by atoms with Crippen LogP contribution in [0.25, 0.3) is 0 Å². The summed E-state index contributed by atoms with van der Waals surface area (Å²) in [7, 11) is 0. The van der Waals surface area contributed by atoms with Crippen LogP contribution in [0.15, 0.2) is 30.3 Å². The van der Waals surface area contributed by atoms with Crippen LogP contribution in [-0.4, -0.2) is 35.2 Å². The highest BCUT2D eigenvalue weighted by molar-refractivity contribution is 5.85. The molecule has 1 aromatic heterocycles. The first kappa shape index (κ1) is 22.5. The molecular weight excluding hydrogens is 397 g/mol. The second kappa shape index (κ2) is 9.63. The molecule has 0 amide bonds. The van der Waals surface area contributed by atoms with E-state index in [2.05, 4.69) is 40.0 Å². The van der Waals surface area contributed by atoms with Gasteiger partial charge in [-0.05, 0) is 37.5 Å². The van der Waals surface area contributed by atoms with Crippen LogP contribution in [0.2, 0.25) is 0 Å². The van der Waals surface area contributed by atoms with Crippen LogP contribution in [0.3, 0.4) is 0 Å². The fourth-order valence-electron chi connectivity index (χ4n) is 3.83. The fraction of sp³-hybridized carbons (Fsp3) is 0.500. The normalized spacial score (nSPS) is 21.9. The van der Waals surface area contributed by atoms with E-state index in [1.807, 2.05) is 12.1 Å². The largest absolute Gasteiger partial charge is 0.490 e. The number of halogens is 2. The number of piperidine rings is 1. The molecule has 1 saturated heterocycles. The topological polar surface area (TPSA) is 90.3 Å². The van der Waals surface area contributed by atoms with E-state index in [0.717, 1.165) is 56.0 Å². The maximum absolute atomic E-state index is 6.15. The number of anilines is 2. The van der Waals surface area contributed by atoms with Gasteiger partial charge in [0, 0.05) is 44.0 Å². The standard InChI is InChI=1S/C20H27N5O.2ClH/c1-13-3-2-4-17(9-13)26-16-5-7-25(8-6-16)19-12-18(23-20(22)24-19)14-10-15(21)11-14;;/h2-4,9,12,14-16H,5-8,10-11,21H2,1H3,(H2,22,23,24);2*1H. The molecule has 6 nitrogen and oxygen atoms in total. The van der Waals surface area contributed by atoms with E-state index in [4.69, 9.17) is 16.2 Å². The average Bonchev–Trinajstić information content (AvgIpc) is 2.59. The van der Waals surface area contributed by atoms with Crippen LogP contribution in [0.1, 0.15) is 42.9 Å². The van der Waals surface area contributed by atoms with Gasteiger partial charge in [0.25, 0.3) is 0 Å². The molecular formula is C20H29Cl2N5O. The van der Waals surface area contributed by atoms with E-state index < -0.39 is 0 Å². The van der Waals surface area contributed by atoms with Gasteiger partial charge in [-0.15, -0.1) is 24.8 Å². The van der Waals surface area contributed by atoms with Gasteiger partial charge in [-0.3, -0.25) is 0 Å². The number of aromatic nitrogens is 2. The Bertz CT molecular complexity index is 777. The first-order chi connectivity index (χ1) is 12.6. The highest BCUT2D eigenvalue weighted by atomic mass is 35.5. The molecule has 2 heterocycles. The number of nitrogens with zero attached hydrogens (tertiary/aromatic N) is 3. The minimum atomic E-state index is 0. The monoisotopic (exact) mass is 425 g/mol. The third kappa shape index (κ3) is 5.19. The van der Waals surface area contributed by atoms with Gasteiger partial charge < -0.3 is 21.1 Å². The Balaban J connectivity index is 0.00000140. The summed E-state index contributed by atoms with van der Waals surface area (Å²) in [6.07, 6.45) is 4.17. The zero-order chi connectivity index (χ0) is 18.1. The first-order valence-corrected chi connectivity index (χ1v) is 9.45. The predicted molar refractivity (Wildman–Crippen MR) is 118 cm³/mol. The Morgan fingerprint density at radius 3 is 2.43 bits per heavy atom. The summed E-state index contributed by atoms with van der Waals surface area (Å²) in [5, 5.41) is 0. The summed E-state index contributed by atoms with van der Waals surface area (Å²) in [6.45, 7) is 3.91. The quantitative estimate of drug-likeness (QED) is 0.778. The highest BCUT2D eigenvalue weighted by Gasteiger charge is 2.30. The Kier molecular flexibility index (Phi) is 7.75. The van der Waals surface area contributed by atoms with E-state index in [0.29, 0.717) is 17.9 Å². The summed E-state index contributed by atoms with van der Waals surface area (Å²) >= 11 is 0. The van der Waals surface area contributed by atoms with Crippen molar-refractivity contribution >= 4 is 36.6 Å². The van der Waals surface area contributed by atoms with E-state index in [-0.39, 0.29) is 30.9 Å². The molecule has 1 aromatic carbocycles. The van der Waals surface area contributed by atoms with Gasteiger partial charge in [0.2, 0.25) is 5.95 Å². The lowest BCUT2D eigenvalue weighted by Crippen LogP contribution is -2.39. The SMILES string of the molecule is Cc1cccc(OC2CCN(c3cc(C4CC(N)C4)nc(N)n3)CC2)c1.Cl.Cl. The first-order valence-electron chi connectivity index (χ1n) is 9.45. The molecule has 8 heteroatoms.